The smallest absolute Gasteiger partial charge is 0.328 e. The van der Waals surface area contributed by atoms with Crippen LogP contribution in [0, 0.1) is 11.3 Å². The highest BCUT2D eigenvalue weighted by atomic mass is 19.3. The number of rotatable bonds is 7. The number of fused-ring (bicyclic) bond motifs is 1. The zero-order valence-electron chi connectivity index (χ0n) is 21.1. The van der Waals surface area contributed by atoms with E-state index in [1.165, 1.54) is 7.11 Å². The van der Waals surface area contributed by atoms with E-state index in [0.29, 0.717) is 29.6 Å². The number of benzene rings is 1. The molecule has 3 amide bonds. The number of halogens is 2. The molecule has 1 aromatic heterocycles. The number of likely N-dealkylation sites (tertiary alicyclic amines) is 1. The van der Waals surface area contributed by atoms with Gasteiger partial charge in [-0.1, -0.05) is 6.07 Å². The first-order valence-electron chi connectivity index (χ1n) is 12.6. The molecule has 1 aliphatic carbocycles. The molecule has 3 aliphatic rings. The minimum absolute atomic E-state index is 0.00796. The van der Waals surface area contributed by atoms with E-state index >= 15 is 0 Å². The number of ether oxygens (including phenoxy) is 2. The third-order valence-electron chi connectivity index (χ3n) is 8.00. The first-order valence-corrected chi connectivity index (χ1v) is 12.6. The highest BCUT2D eigenvalue weighted by Gasteiger charge is 2.75. The van der Waals surface area contributed by atoms with Crippen LogP contribution in [0.4, 0.5) is 8.78 Å². The van der Waals surface area contributed by atoms with Crippen molar-refractivity contribution in [3.8, 4) is 5.75 Å². The highest BCUT2D eigenvalue weighted by Crippen LogP contribution is 2.66. The van der Waals surface area contributed by atoms with Gasteiger partial charge in [0.1, 0.15) is 23.5 Å². The van der Waals surface area contributed by atoms with Crippen molar-refractivity contribution >= 4 is 34.6 Å². The first kappa shape index (κ1) is 25.9. The van der Waals surface area contributed by atoms with Crippen molar-refractivity contribution in [2.75, 3.05) is 27.3 Å². The number of amides is 3. The summed E-state index contributed by atoms with van der Waals surface area (Å²) in [4.78, 5) is 55.9. The molecule has 38 heavy (non-hydrogen) atoms. The van der Waals surface area contributed by atoms with E-state index in [1.807, 2.05) is 0 Å². The van der Waals surface area contributed by atoms with Gasteiger partial charge in [-0.05, 0) is 43.9 Å². The molecule has 2 saturated heterocycles. The number of carbonyl (C=O) groups is 4. The minimum Gasteiger partial charge on any atom is -0.496 e. The average molecular weight is 533 g/mol. The lowest BCUT2D eigenvalue weighted by Crippen LogP contribution is -2.52. The van der Waals surface area contributed by atoms with Gasteiger partial charge in [0, 0.05) is 36.3 Å². The molecule has 3 N–H and O–H groups in total. The van der Waals surface area contributed by atoms with Crippen LogP contribution in [0.3, 0.4) is 0 Å². The van der Waals surface area contributed by atoms with Gasteiger partial charge in [-0.25, -0.2) is 13.6 Å². The van der Waals surface area contributed by atoms with Crippen molar-refractivity contribution < 1.29 is 37.4 Å². The van der Waals surface area contributed by atoms with Crippen LogP contribution in [0.2, 0.25) is 0 Å². The van der Waals surface area contributed by atoms with Crippen LogP contribution in [-0.2, 0) is 19.1 Å². The Bertz CT molecular complexity index is 1300. The van der Waals surface area contributed by atoms with Crippen molar-refractivity contribution in [2.45, 2.75) is 50.1 Å². The van der Waals surface area contributed by atoms with Gasteiger partial charge in [-0.15, -0.1) is 0 Å². The van der Waals surface area contributed by atoms with Crippen LogP contribution >= 0.6 is 0 Å². The van der Waals surface area contributed by atoms with Gasteiger partial charge in [0.25, 0.3) is 11.8 Å². The van der Waals surface area contributed by atoms with Gasteiger partial charge in [0.15, 0.2) is 0 Å². The Morgan fingerprint density at radius 3 is 2.68 bits per heavy atom. The van der Waals surface area contributed by atoms with Gasteiger partial charge in [0.05, 0.1) is 19.6 Å². The monoisotopic (exact) mass is 532 g/mol. The largest absolute Gasteiger partial charge is 0.496 e. The first-order chi connectivity index (χ1) is 18.1. The minimum atomic E-state index is -2.99. The summed E-state index contributed by atoms with van der Waals surface area (Å²) in [5, 5.41) is 5.97. The van der Waals surface area contributed by atoms with Gasteiger partial charge in [0.2, 0.25) is 11.8 Å². The van der Waals surface area contributed by atoms with Crippen LogP contribution in [0.1, 0.15) is 42.6 Å². The Morgan fingerprint density at radius 2 is 2.03 bits per heavy atom. The van der Waals surface area contributed by atoms with E-state index < -0.39 is 53.5 Å². The predicted molar refractivity (Wildman–Crippen MR) is 131 cm³/mol. The Labute approximate surface area is 217 Å². The summed E-state index contributed by atoms with van der Waals surface area (Å²) in [7, 11) is 2.66. The van der Waals surface area contributed by atoms with E-state index in [9.17, 15) is 28.0 Å². The quantitative estimate of drug-likeness (QED) is 0.468. The topological polar surface area (TPSA) is 130 Å². The van der Waals surface area contributed by atoms with Crippen LogP contribution in [0.25, 0.3) is 10.9 Å². The van der Waals surface area contributed by atoms with Crippen molar-refractivity contribution in [3.05, 3.63) is 30.0 Å². The molecule has 5 rings (SSSR count). The van der Waals surface area contributed by atoms with E-state index in [1.54, 1.807) is 24.3 Å². The molecule has 12 heteroatoms. The summed E-state index contributed by atoms with van der Waals surface area (Å²) in [6.07, 6.45) is 0.627. The molecule has 1 spiro atoms. The molecular weight excluding hydrogens is 502 g/mol. The van der Waals surface area contributed by atoms with Crippen molar-refractivity contribution in [2.24, 2.45) is 11.3 Å². The normalized spacial score (nSPS) is 26.6. The third-order valence-corrected chi connectivity index (χ3v) is 8.00. The number of hydrogen-bond donors (Lipinski definition) is 3. The van der Waals surface area contributed by atoms with Gasteiger partial charge < -0.3 is 30.0 Å². The molecule has 0 radical (unpaired) electrons. The van der Waals surface area contributed by atoms with E-state index in [-0.39, 0.29) is 31.0 Å². The number of nitrogens with zero attached hydrogens (tertiary/aromatic N) is 1. The van der Waals surface area contributed by atoms with Gasteiger partial charge >= 0.3 is 5.97 Å². The fourth-order valence-electron chi connectivity index (χ4n) is 5.75. The molecular formula is C26H30F2N4O6. The third kappa shape index (κ3) is 4.45. The summed E-state index contributed by atoms with van der Waals surface area (Å²) >= 11 is 0. The molecule has 3 heterocycles. The Morgan fingerprint density at radius 1 is 1.26 bits per heavy atom. The number of hydrogen-bond acceptors (Lipinski definition) is 6. The lowest BCUT2D eigenvalue weighted by molar-refractivity contribution is -0.146. The number of H-pyrrole nitrogens is 1. The maximum Gasteiger partial charge on any atom is 0.328 e. The second-order valence-electron chi connectivity index (χ2n) is 10.4. The van der Waals surface area contributed by atoms with Gasteiger partial charge in [-0.2, -0.15) is 0 Å². The van der Waals surface area contributed by atoms with Gasteiger partial charge in [-0.3, -0.25) is 14.4 Å². The number of aromatic nitrogens is 1. The molecule has 10 nitrogen and oxygen atoms in total. The highest BCUT2D eigenvalue weighted by molar-refractivity contribution is 6.02. The molecule has 0 unspecified atom stereocenters. The second kappa shape index (κ2) is 9.55. The Balaban J connectivity index is 1.40. The van der Waals surface area contributed by atoms with Crippen molar-refractivity contribution in [3.63, 3.8) is 0 Å². The zero-order chi connectivity index (χ0) is 27.2. The van der Waals surface area contributed by atoms with Crippen LogP contribution in [-0.4, -0.2) is 78.9 Å². The molecule has 2 aliphatic heterocycles. The van der Waals surface area contributed by atoms with Crippen molar-refractivity contribution in [1.82, 2.24) is 20.5 Å². The maximum atomic E-state index is 14.4. The number of nitrogens with one attached hydrogen (secondary N) is 3. The summed E-state index contributed by atoms with van der Waals surface area (Å²) in [6.45, 7) is 0.247. The summed E-state index contributed by atoms with van der Waals surface area (Å²) in [5.74, 6) is -5.28. The number of methoxy groups -OCH3 is 2. The van der Waals surface area contributed by atoms with Crippen LogP contribution in [0.5, 0.6) is 5.75 Å². The SMILES string of the molecule is COC(=O)[C@H](C[C@@H]1CCCNC1=O)NC(=O)[C@@H]1C[C@@]2(CN1C(=O)c1cc3c(OC)cccc3[nH]1)CC2(F)F. The second-order valence-corrected chi connectivity index (χ2v) is 10.4. The van der Waals surface area contributed by atoms with E-state index in [0.717, 1.165) is 18.4 Å². The molecule has 1 saturated carbocycles. The number of piperidine rings is 1. The number of esters is 1. The van der Waals surface area contributed by atoms with E-state index in [2.05, 4.69) is 15.6 Å². The summed E-state index contributed by atoms with van der Waals surface area (Å²) in [6, 6.07) is 4.42. The number of aromatic amines is 1. The molecule has 3 fully saturated rings. The summed E-state index contributed by atoms with van der Waals surface area (Å²) < 4.78 is 39.0. The van der Waals surface area contributed by atoms with E-state index in [4.69, 9.17) is 9.47 Å². The average Bonchev–Trinajstić information content (AvgIpc) is 3.25. The molecule has 4 atom stereocenters. The molecule has 2 aromatic rings. The van der Waals surface area contributed by atoms with Crippen LogP contribution in [0.15, 0.2) is 24.3 Å². The predicted octanol–water partition coefficient (Wildman–Crippen LogP) is 1.99. The lowest BCUT2D eigenvalue weighted by Gasteiger charge is -2.28. The van der Waals surface area contributed by atoms with Crippen molar-refractivity contribution in [1.29, 1.82) is 0 Å². The fourth-order valence-corrected chi connectivity index (χ4v) is 5.75. The Hall–Kier alpha value is -3.70. The lowest BCUT2D eigenvalue weighted by atomic mass is 9.91. The fraction of sp³-hybridized carbons (Fsp3) is 0.538. The number of carbonyl (C=O) groups excluding carboxylic acids is 4. The molecule has 1 aromatic carbocycles. The number of alkyl halides is 2. The standard InChI is InChI=1S/C26H30F2N4O6/c1-37-20-7-3-6-16-15(20)10-17(30-16)23(35)32-13-25(12-26(25,27)28)11-19(32)22(34)31-18(24(36)38-2)9-14-5-4-8-29-21(14)33/h3,6-7,10,14,18-19,30H,4-5,8-9,11-13H2,1-2H3,(H,29,33)(H,31,34)/t14-,18-,19-,25-/m0/s1. The molecule has 204 valence electrons. The Kier molecular flexibility index (Phi) is 6.52. The maximum absolute atomic E-state index is 14.4. The van der Waals surface area contributed by atoms with Crippen LogP contribution < -0.4 is 15.4 Å². The summed E-state index contributed by atoms with van der Waals surface area (Å²) in [5.41, 5.74) is -0.735. The molecule has 0 bridgehead atoms. The zero-order valence-corrected chi connectivity index (χ0v) is 21.1.